The van der Waals surface area contributed by atoms with Gasteiger partial charge in [0.15, 0.2) is 0 Å². The molecule has 220 valence electrons. The molecular formula is C37H40N4O2. The third-order valence-corrected chi connectivity index (χ3v) is 15.1. The van der Waals surface area contributed by atoms with E-state index in [0.29, 0.717) is 47.8 Å². The third-order valence-electron chi connectivity index (χ3n) is 15.1. The number of rotatable bonds is 0. The van der Waals surface area contributed by atoms with E-state index in [-0.39, 0.29) is 23.3 Å². The number of ether oxygens (including phenoxy) is 1. The molecule has 8 aliphatic heterocycles. The van der Waals surface area contributed by atoms with Crippen LogP contribution in [0.5, 0.6) is 0 Å². The normalized spacial score (nSPS) is 50.6. The summed E-state index contributed by atoms with van der Waals surface area (Å²) < 4.78 is 7.70. The van der Waals surface area contributed by atoms with Gasteiger partial charge in [0, 0.05) is 59.2 Å². The highest BCUT2D eigenvalue weighted by Gasteiger charge is 2.78. The predicted octanol–water partition coefficient (Wildman–Crippen LogP) is 4.77. The number of benzene rings is 2. The number of hydrogen-bond acceptors (Lipinski definition) is 6. The van der Waals surface area contributed by atoms with Crippen molar-refractivity contribution >= 4 is 11.4 Å². The first kappa shape index (κ1) is 23.6. The SMILES string of the molecule is C/C=C1\CN2CC[C@]34c5ccccc5N5[C@@H]6O[C@H]([C@H]([C@H]53)[C@H]1C[C@H]24)N1c2ccccc2[C@]23CCN4C/C(=C/O)[C@H](C[C@H]42)[C@H]6[C@H]13. The largest absolute Gasteiger partial charge is 0.516 e. The summed E-state index contributed by atoms with van der Waals surface area (Å²) in [5.41, 5.74) is 9.31. The summed E-state index contributed by atoms with van der Waals surface area (Å²) in [4.78, 5) is 11.3. The Morgan fingerprint density at radius 1 is 0.744 bits per heavy atom. The van der Waals surface area contributed by atoms with E-state index in [1.165, 1.54) is 49.0 Å². The molecule has 0 unspecified atom stereocenters. The van der Waals surface area contributed by atoms with Gasteiger partial charge in [0.25, 0.3) is 0 Å². The number of para-hydroxylation sites is 2. The van der Waals surface area contributed by atoms with Gasteiger partial charge >= 0.3 is 0 Å². The van der Waals surface area contributed by atoms with Gasteiger partial charge in [-0.15, -0.1) is 0 Å². The molecule has 2 spiro atoms. The maximum atomic E-state index is 10.7. The molecule has 0 radical (unpaired) electrons. The van der Waals surface area contributed by atoms with E-state index in [2.05, 4.69) is 81.1 Å². The fourth-order valence-corrected chi connectivity index (χ4v) is 14.0. The van der Waals surface area contributed by atoms with Crippen LogP contribution in [0.2, 0.25) is 0 Å². The number of aliphatic hydroxyl groups is 1. The smallest absolute Gasteiger partial charge is 0.138 e. The predicted molar refractivity (Wildman–Crippen MR) is 165 cm³/mol. The Bertz CT molecular complexity index is 1560. The van der Waals surface area contributed by atoms with Gasteiger partial charge in [0.05, 0.1) is 18.3 Å². The quantitative estimate of drug-likeness (QED) is 0.363. The van der Waals surface area contributed by atoms with E-state index in [1.54, 1.807) is 16.7 Å². The van der Waals surface area contributed by atoms with E-state index in [1.807, 2.05) is 0 Å². The van der Waals surface area contributed by atoms with E-state index in [0.717, 1.165) is 26.1 Å². The summed E-state index contributed by atoms with van der Waals surface area (Å²) in [7, 11) is 0. The van der Waals surface area contributed by atoms with Crippen molar-refractivity contribution < 1.29 is 9.84 Å². The lowest BCUT2D eigenvalue weighted by atomic mass is 9.51. The van der Waals surface area contributed by atoms with Crippen LogP contribution in [-0.2, 0) is 15.6 Å². The molecule has 12 atom stereocenters. The average molecular weight is 573 g/mol. The van der Waals surface area contributed by atoms with Crippen molar-refractivity contribution in [3.63, 3.8) is 0 Å². The van der Waals surface area contributed by atoms with Gasteiger partial charge in [-0.3, -0.25) is 9.80 Å². The van der Waals surface area contributed by atoms with Crippen LogP contribution < -0.4 is 9.80 Å². The van der Waals surface area contributed by atoms with Gasteiger partial charge in [-0.25, -0.2) is 0 Å². The van der Waals surface area contributed by atoms with Crippen LogP contribution in [0.1, 0.15) is 43.7 Å². The van der Waals surface area contributed by atoms with Crippen molar-refractivity contribution in [1.29, 1.82) is 0 Å². The number of nitrogens with zero attached hydrogens (tertiary/aromatic N) is 4. The van der Waals surface area contributed by atoms with Gasteiger partial charge in [0.2, 0.25) is 0 Å². The Kier molecular flexibility index (Phi) is 4.03. The Balaban J connectivity index is 1.16. The summed E-state index contributed by atoms with van der Waals surface area (Å²) in [6.07, 6.45) is 8.95. The molecule has 6 saturated heterocycles. The van der Waals surface area contributed by atoms with Gasteiger partial charge in [-0.1, -0.05) is 48.0 Å². The van der Waals surface area contributed by atoms with Crippen molar-refractivity contribution in [2.75, 3.05) is 36.0 Å². The van der Waals surface area contributed by atoms with Gasteiger partial charge in [-0.2, -0.15) is 0 Å². The molecule has 6 bridgehead atoms. The number of anilines is 2. The standard InChI is InChI=1S/C37H40N4O2/c1-2-20-17-38-13-11-36-24-7-3-5-9-26(24)40-32(36)30(22(20)15-28(36)38)34-41-27-10-6-4-8-25(27)37-12-14-39-18-21(19-42)23(16-29(37)39)31(33(37)41)35(40)43-34/h2-10,19,22-23,28-35,42H,11-18H2,1H3/b20-2+,21-19-/t22-,23-,28-,29-,30-,31-,32-,33-,34+,35+,36+,37+/m0/s1. The van der Waals surface area contributed by atoms with Crippen LogP contribution in [0.3, 0.4) is 0 Å². The zero-order chi connectivity index (χ0) is 28.0. The van der Waals surface area contributed by atoms with Crippen molar-refractivity contribution in [1.82, 2.24) is 9.80 Å². The van der Waals surface area contributed by atoms with Gasteiger partial charge in [0.1, 0.15) is 12.5 Å². The summed E-state index contributed by atoms with van der Waals surface area (Å²) >= 11 is 0. The summed E-state index contributed by atoms with van der Waals surface area (Å²) in [6.45, 7) is 6.66. The first-order chi connectivity index (χ1) is 21.2. The van der Waals surface area contributed by atoms with Crippen LogP contribution in [0, 0.1) is 23.7 Å². The molecule has 12 rings (SSSR count). The van der Waals surface area contributed by atoms with Crippen LogP contribution in [0.4, 0.5) is 11.4 Å². The highest BCUT2D eigenvalue weighted by Crippen LogP contribution is 2.72. The van der Waals surface area contributed by atoms with Crippen molar-refractivity contribution in [3.05, 3.63) is 83.1 Å². The first-order valence-corrected chi connectivity index (χ1v) is 17.1. The fraction of sp³-hybridized carbons (Fsp3) is 0.568. The monoisotopic (exact) mass is 572 g/mol. The maximum absolute atomic E-state index is 10.7. The minimum Gasteiger partial charge on any atom is -0.516 e. The van der Waals surface area contributed by atoms with Gasteiger partial charge in [-0.05, 0) is 86.4 Å². The minimum atomic E-state index is 0.0363. The second-order valence-corrected chi connectivity index (χ2v) is 15.6. The second kappa shape index (κ2) is 7.35. The van der Waals surface area contributed by atoms with Crippen LogP contribution in [0.25, 0.3) is 0 Å². The molecule has 0 aromatic heterocycles. The molecule has 2 aromatic carbocycles. The highest BCUT2D eigenvalue weighted by molar-refractivity contribution is 5.73. The molecule has 0 amide bonds. The number of hydrogen-bond donors (Lipinski definition) is 1. The zero-order valence-electron chi connectivity index (χ0n) is 24.8. The van der Waals surface area contributed by atoms with Crippen LogP contribution >= 0.6 is 0 Å². The van der Waals surface area contributed by atoms with Crippen LogP contribution in [-0.4, -0.2) is 77.7 Å². The van der Waals surface area contributed by atoms with Crippen molar-refractivity contribution in [3.8, 4) is 0 Å². The molecule has 43 heavy (non-hydrogen) atoms. The number of piperidine rings is 2. The maximum Gasteiger partial charge on any atom is 0.138 e. The summed E-state index contributed by atoms with van der Waals surface area (Å²) in [5.74, 6) is 1.66. The lowest BCUT2D eigenvalue weighted by Gasteiger charge is -2.69. The fourth-order valence-electron chi connectivity index (χ4n) is 14.0. The second-order valence-electron chi connectivity index (χ2n) is 15.6. The Hall–Kier alpha value is -2.80. The molecule has 1 N–H and O–H groups in total. The average Bonchev–Trinajstić information content (AvgIpc) is 3.80. The highest BCUT2D eigenvalue weighted by atomic mass is 16.5. The molecule has 2 saturated carbocycles. The van der Waals surface area contributed by atoms with E-state index < -0.39 is 0 Å². The summed E-state index contributed by atoms with van der Waals surface area (Å²) in [6, 6.07) is 21.0. The first-order valence-electron chi connectivity index (χ1n) is 17.1. The third kappa shape index (κ3) is 2.25. The van der Waals surface area contributed by atoms with Gasteiger partial charge < -0.3 is 19.6 Å². The lowest BCUT2D eigenvalue weighted by molar-refractivity contribution is -0.198. The molecule has 6 nitrogen and oxygen atoms in total. The Morgan fingerprint density at radius 3 is 1.79 bits per heavy atom. The minimum absolute atomic E-state index is 0.0363. The topological polar surface area (TPSA) is 42.4 Å². The zero-order valence-corrected chi connectivity index (χ0v) is 24.8. The Labute approximate surface area is 253 Å². The number of aliphatic hydroxyl groups excluding tert-OH is 1. The molecule has 8 heterocycles. The molecule has 8 fully saturated rings. The summed E-state index contributed by atoms with van der Waals surface area (Å²) in [5, 5.41) is 10.7. The molecule has 2 aliphatic carbocycles. The van der Waals surface area contributed by atoms with E-state index in [9.17, 15) is 5.11 Å². The molecular weight excluding hydrogens is 532 g/mol. The molecule has 2 aromatic rings. The molecule has 6 heteroatoms. The van der Waals surface area contributed by atoms with Crippen molar-refractivity contribution in [2.24, 2.45) is 23.7 Å². The van der Waals surface area contributed by atoms with Crippen LogP contribution in [0.15, 0.2) is 72.0 Å². The number of fused-ring (bicyclic) bond motifs is 14. The Morgan fingerprint density at radius 2 is 1.26 bits per heavy atom. The van der Waals surface area contributed by atoms with E-state index >= 15 is 0 Å². The number of allylic oxidation sites excluding steroid dienone is 1. The van der Waals surface area contributed by atoms with Crippen molar-refractivity contribution in [2.45, 2.75) is 80.1 Å². The van der Waals surface area contributed by atoms with E-state index in [4.69, 9.17) is 4.74 Å². The lowest BCUT2D eigenvalue weighted by Crippen LogP contribution is -2.81. The molecule has 10 aliphatic rings.